The molecular weight excluding hydrogens is 326 g/mol. The van der Waals surface area contributed by atoms with E-state index in [-0.39, 0.29) is 11.6 Å². The summed E-state index contributed by atoms with van der Waals surface area (Å²) in [5, 5.41) is 2.69. The van der Waals surface area contributed by atoms with Gasteiger partial charge in [-0.3, -0.25) is 9.88 Å². The van der Waals surface area contributed by atoms with Crippen molar-refractivity contribution >= 4 is 11.7 Å². The molecule has 0 saturated carbocycles. The third kappa shape index (κ3) is 4.73. The van der Waals surface area contributed by atoms with Crippen molar-refractivity contribution in [2.75, 3.05) is 31.5 Å². The predicted molar refractivity (Wildman–Crippen MR) is 91.5 cm³/mol. The first kappa shape index (κ1) is 17.3. The Morgan fingerprint density at radius 3 is 2.60 bits per heavy atom. The maximum atomic E-state index is 12.7. The largest absolute Gasteiger partial charge is 0.322 e. The highest BCUT2D eigenvalue weighted by Crippen LogP contribution is 2.22. The summed E-state index contributed by atoms with van der Waals surface area (Å²) in [4.78, 5) is 20.6. The molecule has 132 valence electrons. The van der Waals surface area contributed by atoms with Gasteiger partial charge >= 0.3 is 6.03 Å². The first-order valence-electron chi connectivity index (χ1n) is 8.18. The number of hydrogen-bond donors (Lipinski definition) is 1. The van der Waals surface area contributed by atoms with Crippen LogP contribution >= 0.6 is 0 Å². The Bertz CT molecular complexity index is 703. The molecule has 1 fully saturated rings. The van der Waals surface area contributed by atoms with Crippen molar-refractivity contribution in [2.45, 2.75) is 13.0 Å². The van der Waals surface area contributed by atoms with Crippen LogP contribution in [0.25, 0.3) is 0 Å². The third-order valence-corrected chi connectivity index (χ3v) is 4.16. The van der Waals surface area contributed by atoms with Crippen molar-refractivity contribution in [1.29, 1.82) is 0 Å². The summed E-state index contributed by atoms with van der Waals surface area (Å²) in [6.07, 6.45) is -0.779. The molecule has 0 radical (unpaired) electrons. The summed E-state index contributed by atoms with van der Waals surface area (Å²) >= 11 is 0. The molecule has 1 aliphatic rings. The van der Waals surface area contributed by atoms with E-state index in [1.54, 1.807) is 17.2 Å². The number of amides is 2. The molecule has 2 aromatic rings. The first-order valence-corrected chi connectivity index (χ1v) is 8.18. The number of piperazine rings is 1. The Morgan fingerprint density at radius 2 is 1.92 bits per heavy atom. The topological polar surface area (TPSA) is 48.5 Å². The molecule has 0 atom stereocenters. The van der Waals surface area contributed by atoms with E-state index in [0.29, 0.717) is 18.8 Å². The van der Waals surface area contributed by atoms with Gasteiger partial charge in [-0.25, -0.2) is 13.6 Å². The van der Waals surface area contributed by atoms with Crippen LogP contribution < -0.4 is 5.32 Å². The molecule has 0 bridgehead atoms. The van der Waals surface area contributed by atoms with E-state index in [2.05, 4.69) is 15.2 Å². The molecule has 1 saturated heterocycles. The first-order chi connectivity index (χ1) is 12.1. The summed E-state index contributed by atoms with van der Waals surface area (Å²) in [5.41, 5.74) is 1.29. The number of halogens is 2. The fourth-order valence-corrected chi connectivity index (χ4v) is 2.78. The quantitative estimate of drug-likeness (QED) is 0.923. The van der Waals surface area contributed by atoms with Crippen LogP contribution in [-0.4, -0.2) is 47.0 Å². The molecule has 25 heavy (non-hydrogen) atoms. The lowest BCUT2D eigenvalue weighted by Gasteiger charge is -2.34. The van der Waals surface area contributed by atoms with Gasteiger partial charge in [-0.2, -0.15) is 0 Å². The van der Waals surface area contributed by atoms with Crippen molar-refractivity contribution in [3.63, 3.8) is 0 Å². The lowest BCUT2D eigenvalue weighted by Crippen LogP contribution is -2.49. The number of benzene rings is 1. The van der Waals surface area contributed by atoms with Gasteiger partial charge in [0.25, 0.3) is 6.43 Å². The van der Waals surface area contributed by atoms with E-state index in [1.165, 1.54) is 18.2 Å². The molecule has 5 nitrogen and oxygen atoms in total. The molecule has 3 rings (SSSR count). The van der Waals surface area contributed by atoms with Gasteiger partial charge < -0.3 is 10.2 Å². The standard InChI is InChI=1S/C18H20F2N4O/c19-17(20)14-4-3-6-15(12-14)22-18(25)24-10-8-23(9-11-24)13-16-5-1-2-7-21-16/h1-7,12,17H,8-11,13H2,(H,22,25). The molecule has 1 aliphatic heterocycles. The third-order valence-electron chi connectivity index (χ3n) is 4.16. The summed E-state index contributed by atoms with van der Waals surface area (Å²) in [6.45, 7) is 3.44. The fraction of sp³-hybridized carbons (Fsp3) is 0.333. The zero-order valence-corrected chi connectivity index (χ0v) is 13.7. The summed E-state index contributed by atoms with van der Waals surface area (Å²) in [5.74, 6) is 0. The smallest absolute Gasteiger partial charge is 0.321 e. The highest BCUT2D eigenvalue weighted by atomic mass is 19.3. The number of carbonyl (C=O) groups is 1. The number of alkyl halides is 2. The zero-order chi connectivity index (χ0) is 17.6. The molecule has 0 spiro atoms. The van der Waals surface area contributed by atoms with Gasteiger partial charge in [0, 0.05) is 50.2 Å². The Kier molecular flexibility index (Phi) is 5.55. The van der Waals surface area contributed by atoms with Crippen LogP contribution in [0, 0.1) is 0 Å². The van der Waals surface area contributed by atoms with E-state index >= 15 is 0 Å². The molecule has 2 amide bonds. The van der Waals surface area contributed by atoms with Crippen LogP contribution in [0.3, 0.4) is 0 Å². The number of urea groups is 1. The zero-order valence-electron chi connectivity index (χ0n) is 13.7. The van der Waals surface area contributed by atoms with Crippen LogP contribution in [0.1, 0.15) is 17.7 Å². The van der Waals surface area contributed by atoms with Crippen molar-refractivity contribution in [2.24, 2.45) is 0 Å². The lowest BCUT2D eigenvalue weighted by molar-refractivity contribution is 0.142. The highest BCUT2D eigenvalue weighted by Gasteiger charge is 2.21. The van der Waals surface area contributed by atoms with Crippen molar-refractivity contribution < 1.29 is 13.6 Å². The number of carbonyl (C=O) groups excluding carboxylic acids is 1. The summed E-state index contributed by atoms with van der Waals surface area (Å²) < 4.78 is 25.5. The lowest BCUT2D eigenvalue weighted by atomic mass is 10.2. The maximum absolute atomic E-state index is 12.7. The van der Waals surface area contributed by atoms with Crippen LogP contribution in [0.4, 0.5) is 19.3 Å². The van der Waals surface area contributed by atoms with Crippen LogP contribution in [0.2, 0.25) is 0 Å². The Hall–Kier alpha value is -2.54. The molecule has 0 aliphatic carbocycles. The van der Waals surface area contributed by atoms with Crippen molar-refractivity contribution in [3.05, 3.63) is 59.9 Å². The molecular formula is C18H20F2N4O. The molecule has 7 heteroatoms. The minimum Gasteiger partial charge on any atom is -0.322 e. The van der Waals surface area contributed by atoms with Gasteiger partial charge in [0.2, 0.25) is 0 Å². The average Bonchev–Trinajstić information content (AvgIpc) is 2.63. The average molecular weight is 346 g/mol. The minimum atomic E-state index is -2.55. The normalized spacial score (nSPS) is 15.4. The van der Waals surface area contributed by atoms with E-state index in [4.69, 9.17) is 0 Å². The summed E-state index contributed by atoms with van der Waals surface area (Å²) in [6, 6.07) is 11.3. The molecule has 1 aromatic heterocycles. The number of nitrogens with zero attached hydrogens (tertiary/aromatic N) is 3. The molecule has 0 unspecified atom stereocenters. The van der Waals surface area contributed by atoms with Gasteiger partial charge in [-0.15, -0.1) is 0 Å². The van der Waals surface area contributed by atoms with Gasteiger partial charge in [0.1, 0.15) is 0 Å². The van der Waals surface area contributed by atoms with E-state index in [0.717, 1.165) is 25.3 Å². The second-order valence-corrected chi connectivity index (χ2v) is 5.94. The maximum Gasteiger partial charge on any atom is 0.321 e. The Balaban J connectivity index is 1.51. The van der Waals surface area contributed by atoms with E-state index in [9.17, 15) is 13.6 Å². The molecule has 2 heterocycles. The van der Waals surface area contributed by atoms with Crippen LogP contribution in [0.5, 0.6) is 0 Å². The second-order valence-electron chi connectivity index (χ2n) is 5.94. The van der Waals surface area contributed by atoms with Gasteiger partial charge in [0.15, 0.2) is 0 Å². The Morgan fingerprint density at radius 1 is 1.12 bits per heavy atom. The minimum absolute atomic E-state index is 0.0991. The number of hydrogen-bond acceptors (Lipinski definition) is 3. The fourth-order valence-electron chi connectivity index (χ4n) is 2.78. The predicted octanol–water partition coefficient (Wildman–Crippen LogP) is 3.37. The number of nitrogens with one attached hydrogen (secondary N) is 1. The molecule has 1 aromatic carbocycles. The Labute approximate surface area is 145 Å². The highest BCUT2D eigenvalue weighted by molar-refractivity contribution is 5.89. The SMILES string of the molecule is O=C(Nc1cccc(C(F)F)c1)N1CCN(Cc2ccccn2)CC1. The van der Waals surface area contributed by atoms with E-state index < -0.39 is 6.43 Å². The number of aromatic nitrogens is 1. The van der Waals surface area contributed by atoms with Crippen LogP contribution in [0.15, 0.2) is 48.7 Å². The number of rotatable bonds is 4. The van der Waals surface area contributed by atoms with Crippen LogP contribution in [-0.2, 0) is 6.54 Å². The van der Waals surface area contributed by atoms with Crippen molar-refractivity contribution in [1.82, 2.24) is 14.8 Å². The number of anilines is 1. The van der Waals surface area contributed by atoms with Gasteiger partial charge in [-0.05, 0) is 24.3 Å². The second kappa shape index (κ2) is 8.02. The monoisotopic (exact) mass is 346 g/mol. The van der Waals surface area contributed by atoms with Gasteiger partial charge in [0.05, 0.1) is 5.69 Å². The molecule has 1 N–H and O–H groups in total. The number of pyridine rings is 1. The van der Waals surface area contributed by atoms with E-state index in [1.807, 2.05) is 18.2 Å². The summed E-state index contributed by atoms with van der Waals surface area (Å²) in [7, 11) is 0. The van der Waals surface area contributed by atoms with Gasteiger partial charge in [-0.1, -0.05) is 18.2 Å². The van der Waals surface area contributed by atoms with Crippen molar-refractivity contribution in [3.8, 4) is 0 Å².